The van der Waals surface area contributed by atoms with Crippen LogP contribution in [0.5, 0.6) is 5.75 Å². The van der Waals surface area contributed by atoms with Gasteiger partial charge in [0.2, 0.25) is 0 Å². The number of hydrogen-bond acceptors (Lipinski definition) is 3. The van der Waals surface area contributed by atoms with Crippen molar-refractivity contribution in [3.63, 3.8) is 0 Å². The van der Waals surface area contributed by atoms with E-state index in [0.29, 0.717) is 23.7 Å². The van der Waals surface area contributed by atoms with Gasteiger partial charge in [0.05, 0.1) is 19.0 Å². The second-order valence-corrected chi connectivity index (χ2v) is 7.53. The molecule has 0 aliphatic heterocycles. The Morgan fingerprint density at radius 2 is 1.74 bits per heavy atom. The number of methoxy groups -OCH3 is 1. The maximum atomic E-state index is 12.6. The number of para-hydroxylation sites is 2. The van der Waals surface area contributed by atoms with Crippen molar-refractivity contribution in [3.8, 4) is 16.9 Å². The Kier molecular flexibility index (Phi) is 7.15. The lowest BCUT2D eigenvalue weighted by atomic mass is 10.0. The second-order valence-electron chi connectivity index (χ2n) is 7.53. The highest BCUT2D eigenvalue weighted by molar-refractivity contribution is 5.96. The molecule has 0 aliphatic rings. The number of amides is 1. The largest absolute Gasteiger partial charge is 0.495 e. The number of aliphatic imine (C=N–C) groups is 1. The van der Waals surface area contributed by atoms with E-state index in [-0.39, 0.29) is 11.9 Å². The number of rotatable bonds is 7. The first-order valence-electron chi connectivity index (χ1n) is 10.8. The van der Waals surface area contributed by atoms with Crippen molar-refractivity contribution in [1.82, 2.24) is 5.32 Å². The van der Waals surface area contributed by atoms with Crippen LogP contribution in [-0.4, -0.2) is 19.0 Å². The van der Waals surface area contributed by atoms with E-state index in [4.69, 9.17) is 10.5 Å². The smallest absolute Gasteiger partial charge is 0.325 e. The monoisotopic (exact) mass is 452 g/mol. The van der Waals surface area contributed by atoms with Gasteiger partial charge in [0, 0.05) is 23.7 Å². The van der Waals surface area contributed by atoms with Gasteiger partial charge in [0.25, 0.3) is 5.91 Å². The normalized spacial score (nSPS) is 11.0. The van der Waals surface area contributed by atoms with Gasteiger partial charge in [-0.1, -0.05) is 54.6 Å². The van der Waals surface area contributed by atoms with Crippen LogP contribution in [0.15, 0.2) is 102 Å². The molecule has 1 amide bonds. The highest BCUT2D eigenvalue weighted by Gasteiger charge is 2.11. The number of hydrogen-bond donors (Lipinski definition) is 3. The summed E-state index contributed by atoms with van der Waals surface area (Å²) in [4.78, 5) is 20.1. The molecule has 0 aliphatic carbocycles. The highest BCUT2D eigenvalue weighted by atomic mass is 16.5. The molecule has 5 N–H and O–H groups in total. The van der Waals surface area contributed by atoms with Gasteiger partial charge in [-0.25, -0.2) is 4.98 Å². The SMILES string of the molecule is COc1ccccc1NC(N)=Nc1ccc(-c2cccc(C(=O)NCc3ccccc3)c2)c[nH+]1. The van der Waals surface area contributed by atoms with Gasteiger partial charge in [0.1, 0.15) is 5.75 Å². The van der Waals surface area contributed by atoms with Gasteiger partial charge >= 0.3 is 11.8 Å². The number of ether oxygens (including phenoxy) is 1. The van der Waals surface area contributed by atoms with Crippen molar-refractivity contribution >= 4 is 23.4 Å². The molecule has 3 aromatic carbocycles. The number of carbonyl (C=O) groups is 1. The number of nitrogens with one attached hydrogen (secondary N) is 3. The molecule has 0 bridgehead atoms. The van der Waals surface area contributed by atoms with Gasteiger partial charge in [-0.3, -0.25) is 4.79 Å². The number of benzene rings is 3. The summed E-state index contributed by atoms with van der Waals surface area (Å²) in [5.74, 6) is 1.37. The minimum absolute atomic E-state index is 0.119. The van der Waals surface area contributed by atoms with Crippen molar-refractivity contribution in [2.75, 3.05) is 12.4 Å². The molecule has 0 unspecified atom stereocenters. The number of H-pyrrole nitrogens is 1. The maximum absolute atomic E-state index is 12.6. The van der Waals surface area contributed by atoms with E-state index in [0.717, 1.165) is 22.4 Å². The lowest BCUT2D eigenvalue weighted by molar-refractivity contribution is -0.361. The third kappa shape index (κ3) is 5.77. The molecule has 7 heteroatoms. The van der Waals surface area contributed by atoms with Gasteiger partial charge in [0.15, 0.2) is 0 Å². The molecule has 4 rings (SSSR count). The molecule has 1 heterocycles. The van der Waals surface area contributed by atoms with Gasteiger partial charge < -0.3 is 21.1 Å². The zero-order chi connectivity index (χ0) is 23.8. The van der Waals surface area contributed by atoms with Crippen molar-refractivity contribution < 1.29 is 14.5 Å². The van der Waals surface area contributed by atoms with E-state index >= 15 is 0 Å². The van der Waals surface area contributed by atoms with Crippen molar-refractivity contribution in [1.29, 1.82) is 0 Å². The Balaban J connectivity index is 1.43. The summed E-state index contributed by atoms with van der Waals surface area (Å²) in [6.45, 7) is 0.481. The lowest BCUT2D eigenvalue weighted by Gasteiger charge is -2.07. The quantitative estimate of drug-likeness (QED) is 0.289. The summed E-state index contributed by atoms with van der Waals surface area (Å²) in [7, 11) is 1.60. The lowest BCUT2D eigenvalue weighted by Crippen LogP contribution is -2.23. The minimum Gasteiger partial charge on any atom is -0.495 e. The average Bonchev–Trinajstić information content (AvgIpc) is 2.88. The predicted octanol–water partition coefficient (Wildman–Crippen LogP) is 4.16. The predicted molar refractivity (Wildman–Crippen MR) is 134 cm³/mol. The van der Waals surface area contributed by atoms with Crippen LogP contribution in [0.25, 0.3) is 11.1 Å². The van der Waals surface area contributed by atoms with Crippen molar-refractivity contribution in [3.05, 3.63) is 108 Å². The number of anilines is 1. The molecule has 34 heavy (non-hydrogen) atoms. The van der Waals surface area contributed by atoms with E-state index in [2.05, 4.69) is 20.6 Å². The third-order valence-electron chi connectivity index (χ3n) is 5.16. The number of carbonyl (C=O) groups excluding carboxylic acids is 1. The summed E-state index contributed by atoms with van der Waals surface area (Å²) in [5.41, 5.74) is 10.3. The first kappa shape index (κ1) is 22.5. The summed E-state index contributed by atoms with van der Waals surface area (Å²) < 4.78 is 5.32. The second kappa shape index (κ2) is 10.8. The first-order valence-corrected chi connectivity index (χ1v) is 10.8. The summed E-state index contributed by atoms with van der Waals surface area (Å²) >= 11 is 0. The third-order valence-corrected chi connectivity index (χ3v) is 5.16. The molecule has 4 aromatic rings. The Morgan fingerprint density at radius 1 is 0.941 bits per heavy atom. The molecular formula is C27H26N5O2+. The molecule has 170 valence electrons. The van der Waals surface area contributed by atoms with Crippen LogP contribution in [0.4, 0.5) is 11.5 Å². The van der Waals surface area contributed by atoms with Crippen LogP contribution in [0.2, 0.25) is 0 Å². The fourth-order valence-electron chi connectivity index (χ4n) is 3.43. The number of pyridine rings is 1. The van der Waals surface area contributed by atoms with E-state index < -0.39 is 0 Å². The minimum atomic E-state index is -0.119. The van der Waals surface area contributed by atoms with Crippen molar-refractivity contribution in [2.24, 2.45) is 10.7 Å². The molecule has 0 atom stereocenters. The van der Waals surface area contributed by atoms with Crippen LogP contribution < -0.4 is 26.1 Å². The molecule has 0 spiro atoms. The van der Waals surface area contributed by atoms with Crippen molar-refractivity contribution in [2.45, 2.75) is 6.54 Å². The van der Waals surface area contributed by atoms with E-state index in [1.165, 1.54) is 0 Å². The number of aromatic nitrogens is 1. The van der Waals surface area contributed by atoms with E-state index in [1.54, 1.807) is 13.2 Å². The van der Waals surface area contributed by atoms with E-state index in [1.807, 2.05) is 91.1 Å². The van der Waals surface area contributed by atoms with Crippen LogP contribution in [0.3, 0.4) is 0 Å². The maximum Gasteiger partial charge on any atom is 0.325 e. The van der Waals surface area contributed by atoms with E-state index in [9.17, 15) is 4.79 Å². The zero-order valence-electron chi connectivity index (χ0n) is 18.8. The standard InChI is InChI=1S/C27H25N5O2/c1-34-24-13-6-5-12-23(24)31-27(28)32-25-15-14-22(18-29-25)20-10-7-11-21(16-20)26(33)30-17-19-8-3-2-4-9-19/h2-16,18H,17H2,1H3,(H,30,33)(H3,28,29,31,32)/p+1. The number of guanidine groups is 1. The Bertz CT molecular complexity index is 1290. The molecular weight excluding hydrogens is 426 g/mol. The molecule has 0 saturated carbocycles. The number of nitrogens with two attached hydrogens (primary N) is 1. The first-order chi connectivity index (χ1) is 16.6. The zero-order valence-corrected chi connectivity index (χ0v) is 18.8. The summed E-state index contributed by atoms with van der Waals surface area (Å²) in [6.07, 6.45) is 1.83. The summed E-state index contributed by atoms with van der Waals surface area (Å²) in [6, 6.07) is 28.5. The van der Waals surface area contributed by atoms with Crippen LogP contribution in [0, 0.1) is 0 Å². The molecule has 1 aromatic heterocycles. The Hall–Kier alpha value is -4.65. The molecule has 0 saturated heterocycles. The fourth-order valence-corrected chi connectivity index (χ4v) is 3.43. The topological polar surface area (TPSA) is 103 Å². The van der Waals surface area contributed by atoms with Crippen LogP contribution in [-0.2, 0) is 6.54 Å². The van der Waals surface area contributed by atoms with Gasteiger partial charge in [-0.15, -0.1) is 0 Å². The van der Waals surface area contributed by atoms with Crippen LogP contribution in [0.1, 0.15) is 15.9 Å². The highest BCUT2D eigenvalue weighted by Crippen LogP contribution is 2.23. The Morgan fingerprint density at radius 3 is 2.50 bits per heavy atom. The molecule has 0 radical (unpaired) electrons. The fraction of sp³-hybridized carbons (Fsp3) is 0.0741. The molecule has 0 fully saturated rings. The van der Waals surface area contributed by atoms with Gasteiger partial charge in [-0.2, -0.15) is 0 Å². The number of nitrogens with zero attached hydrogens (tertiary/aromatic N) is 1. The Labute approximate surface area is 198 Å². The summed E-state index contributed by atoms with van der Waals surface area (Å²) in [5, 5.41) is 6.00. The van der Waals surface area contributed by atoms with Gasteiger partial charge in [-0.05, 0) is 46.5 Å². The van der Waals surface area contributed by atoms with Crippen LogP contribution >= 0.6 is 0 Å². The molecule has 7 nitrogen and oxygen atoms in total. The average molecular weight is 453 g/mol. The number of aromatic amines is 1.